The first kappa shape index (κ1) is 25.7. The first-order valence-electron chi connectivity index (χ1n) is 12.0. The maximum atomic E-state index is 13.4. The second-order valence-electron chi connectivity index (χ2n) is 8.15. The number of benzene rings is 4. The molecule has 6 nitrogen and oxygen atoms in total. The van der Waals surface area contributed by atoms with E-state index in [0.717, 1.165) is 11.4 Å². The Morgan fingerprint density at radius 2 is 1.08 bits per heavy atom. The smallest absolute Gasteiger partial charge is 0.307 e. The zero-order valence-electron chi connectivity index (χ0n) is 20.8. The first-order valence-corrected chi connectivity index (χ1v) is 12.0. The molecule has 0 radical (unpaired) electrons. The van der Waals surface area contributed by atoms with Gasteiger partial charge in [-0.3, -0.25) is 9.80 Å². The lowest BCUT2D eigenvalue weighted by molar-refractivity contribution is 0.258. The van der Waals surface area contributed by atoms with Crippen LogP contribution in [-0.4, -0.2) is 12.1 Å². The number of anilines is 5. The molecule has 0 atom stereocenters. The average Bonchev–Trinajstić information content (AvgIpc) is 2.95. The van der Waals surface area contributed by atoms with E-state index in [-0.39, 0.29) is 12.1 Å². The van der Waals surface area contributed by atoms with Gasteiger partial charge in [0, 0.05) is 11.4 Å². The molecule has 0 fully saturated rings. The molecule has 4 amide bonds. The number of hydrogen-bond donors (Lipinski definition) is 2. The Hall–Kier alpha value is -5.36. The summed E-state index contributed by atoms with van der Waals surface area (Å²) in [7, 11) is 0. The van der Waals surface area contributed by atoms with Crippen LogP contribution in [-0.2, 0) is 0 Å². The SMILES string of the molecule is C=C/C=C(\C=C)N(C(=O)Nc1cccc(NC(=O)N(c2ccccc2)c2ccccc2)c1)c1ccccc1. The third-order valence-corrected chi connectivity index (χ3v) is 5.57. The van der Waals surface area contributed by atoms with Crippen LogP contribution < -0.4 is 20.4 Å². The monoisotopic (exact) mass is 500 g/mol. The molecule has 4 aromatic rings. The van der Waals surface area contributed by atoms with Gasteiger partial charge < -0.3 is 10.6 Å². The van der Waals surface area contributed by atoms with Gasteiger partial charge in [0.05, 0.1) is 22.8 Å². The van der Waals surface area contributed by atoms with E-state index < -0.39 is 0 Å². The molecule has 188 valence electrons. The van der Waals surface area contributed by atoms with Crippen molar-refractivity contribution in [3.63, 3.8) is 0 Å². The summed E-state index contributed by atoms with van der Waals surface area (Å²) in [5, 5.41) is 5.87. The van der Waals surface area contributed by atoms with E-state index in [9.17, 15) is 9.59 Å². The number of carbonyl (C=O) groups is 2. The van der Waals surface area contributed by atoms with Crippen LogP contribution >= 0.6 is 0 Å². The van der Waals surface area contributed by atoms with Crippen LogP contribution in [0.1, 0.15) is 0 Å². The zero-order valence-corrected chi connectivity index (χ0v) is 20.8. The number of nitrogens with zero attached hydrogens (tertiary/aromatic N) is 2. The van der Waals surface area contributed by atoms with E-state index in [2.05, 4.69) is 23.8 Å². The van der Waals surface area contributed by atoms with Crippen molar-refractivity contribution in [1.29, 1.82) is 0 Å². The molecule has 0 aliphatic carbocycles. The van der Waals surface area contributed by atoms with Gasteiger partial charge in [-0.05, 0) is 66.7 Å². The lowest BCUT2D eigenvalue weighted by Crippen LogP contribution is -2.34. The maximum absolute atomic E-state index is 13.4. The van der Waals surface area contributed by atoms with Crippen molar-refractivity contribution in [2.75, 3.05) is 20.4 Å². The van der Waals surface area contributed by atoms with Gasteiger partial charge >= 0.3 is 12.1 Å². The van der Waals surface area contributed by atoms with Gasteiger partial charge in [-0.15, -0.1) is 0 Å². The number of hydrogen-bond acceptors (Lipinski definition) is 2. The van der Waals surface area contributed by atoms with E-state index in [0.29, 0.717) is 22.8 Å². The van der Waals surface area contributed by atoms with Crippen molar-refractivity contribution in [1.82, 2.24) is 0 Å². The molecule has 4 rings (SSSR count). The maximum Gasteiger partial charge on any atom is 0.330 e. The van der Waals surface area contributed by atoms with Crippen LogP contribution in [0.2, 0.25) is 0 Å². The summed E-state index contributed by atoms with van der Waals surface area (Å²) in [6.45, 7) is 7.58. The molecule has 0 spiro atoms. The second-order valence-corrected chi connectivity index (χ2v) is 8.15. The Labute approximate surface area is 222 Å². The molecule has 0 bridgehead atoms. The molecule has 6 heteroatoms. The Bertz CT molecular complexity index is 1390. The van der Waals surface area contributed by atoms with E-state index in [1.54, 1.807) is 47.4 Å². The Morgan fingerprint density at radius 1 is 0.605 bits per heavy atom. The van der Waals surface area contributed by atoms with Crippen molar-refractivity contribution in [2.45, 2.75) is 0 Å². The Morgan fingerprint density at radius 3 is 1.55 bits per heavy atom. The zero-order chi connectivity index (χ0) is 26.7. The van der Waals surface area contributed by atoms with Crippen LogP contribution in [0.15, 0.2) is 152 Å². The Balaban J connectivity index is 1.57. The number of nitrogens with one attached hydrogen (secondary N) is 2. The van der Waals surface area contributed by atoms with Crippen molar-refractivity contribution < 1.29 is 9.59 Å². The predicted molar refractivity (Wildman–Crippen MR) is 157 cm³/mol. The van der Waals surface area contributed by atoms with Crippen LogP contribution in [0.5, 0.6) is 0 Å². The highest BCUT2D eigenvalue weighted by Crippen LogP contribution is 2.27. The predicted octanol–water partition coefficient (Wildman–Crippen LogP) is 8.35. The summed E-state index contributed by atoms with van der Waals surface area (Å²) in [5.74, 6) is 0. The first-order chi connectivity index (χ1) is 18.6. The van der Waals surface area contributed by atoms with Crippen LogP contribution in [0.4, 0.5) is 38.0 Å². The number of amides is 4. The summed E-state index contributed by atoms with van der Waals surface area (Å²) in [5.41, 5.74) is 3.73. The van der Waals surface area contributed by atoms with Gasteiger partial charge in [-0.1, -0.05) is 79.9 Å². The second kappa shape index (κ2) is 12.6. The fourth-order valence-corrected chi connectivity index (χ4v) is 3.89. The molecular formula is C32H28N4O2. The largest absolute Gasteiger partial charge is 0.330 e. The summed E-state index contributed by atoms with van der Waals surface area (Å²) in [6, 6.07) is 34.3. The van der Waals surface area contributed by atoms with E-state index in [4.69, 9.17) is 0 Å². The minimum Gasteiger partial charge on any atom is -0.307 e. The lowest BCUT2D eigenvalue weighted by atomic mass is 10.2. The molecule has 4 aromatic carbocycles. The molecule has 0 aliphatic heterocycles. The topological polar surface area (TPSA) is 64.7 Å². The highest BCUT2D eigenvalue weighted by Gasteiger charge is 2.20. The molecule has 0 aliphatic rings. The van der Waals surface area contributed by atoms with Crippen molar-refractivity contribution >= 4 is 40.5 Å². The summed E-state index contributed by atoms with van der Waals surface area (Å²) in [6.07, 6.45) is 4.90. The fraction of sp³-hybridized carbons (Fsp3) is 0. The number of carbonyl (C=O) groups excluding carboxylic acids is 2. The molecular weight excluding hydrogens is 472 g/mol. The standard InChI is InChI=1S/C32H28N4O2/c1-3-15-27(4-2)35(28-18-8-5-9-19-28)31(37)33-25-16-14-17-26(24-25)34-32(38)36(29-20-10-6-11-21-29)30-22-12-7-13-23-30/h3-24H,1-2H2,(H,33,37)(H,34,38)/b27-15+. The van der Waals surface area contributed by atoms with Crippen LogP contribution in [0, 0.1) is 0 Å². The van der Waals surface area contributed by atoms with Crippen molar-refractivity contribution in [3.8, 4) is 0 Å². The van der Waals surface area contributed by atoms with Gasteiger partial charge in [0.25, 0.3) is 0 Å². The van der Waals surface area contributed by atoms with Crippen molar-refractivity contribution in [3.05, 3.63) is 152 Å². The van der Waals surface area contributed by atoms with E-state index >= 15 is 0 Å². The molecule has 0 unspecified atom stereocenters. The highest BCUT2D eigenvalue weighted by atomic mass is 16.2. The van der Waals surface area contributed by atoms with Gasteiger partial charge in [0.15, 0.2) is 0 Å². The molecule has 2 N–H and O–H groups in total. The lowest BCUT2D eigenvalue weighted by Gasteiger charge is -2.25. The van der Waals surface area contributed by atoms with E-state index in [1.807, 2.05) is 91.0 Å². The molecule has 0 saturated heterocycles. The number of rotatable bonds is 8. The third-order valence-electron chi connectivity index (χ3n) is 5.57. The van der Waals surface area contributed by atoms with Crippen molar-refractivity contribution in [2.24, 2.45) is 0 Å². The number of urea groups is 2. The highest BCUT2D eigenvalue weighted by molar-refractivity contribution is 6.08. The minimum atomic E-state index is -0.386. The average molecular weight is 501 g/mol. The fourth-order valence-electron chi connectivity index (χ4n) is 3.89. The van der Waals surface area contributed by atoms with Gasteiger partial charge in [0.1, 0.15) is 0 Å². The molecule has 0 aromatic heterocycles. The normalized spacial score (nSPS) is 10.7. The van der Waals surface area contributed by atoms with Gasteiger partial charge in [0.2, 0.25) is 0 Å². The summed E-state index contributed by atoms with van der Waals surface area (Å²) in [4.78, 5) is 29.9. The molecule has 0 saturated carbocycles. The summed E-state index contributed by atoms with van der Waals surface area (Å²) >= 11 is 0. The quantitative estimate of drug-likeness (QED) is 0.239. The molecule has 0 heterocycles. The third kappa shape index (κ3) is 6.25. The molecule has 38 heavy (non-hydrogen) atoms. The van der Waals surface area contributed by atoms with Crippen LogP contribution in [0.25, 0.3) is 0 Å². The summed E-state index contributed by atoms with van der Waals surface area (Å²) < 4.78 is 0. The number of para-hydroxylation sites is 3. The van der Waals surface area contributed by atoms with Gasteiger partial charge in [-0.2, -0.15) is 0 Å². The van der Waals surface area contributed by atoms with E-state index in [1.165, 1.54) is 4.90 Å². The van der Waals surface area contributed by atoms with Crippen LogP contribution in [0.3, 0.4) is 0 Å². The minimum absolute atomic E-state index is 0.334. The Kier molecular flexibility index (Phi) is 8.50. The van der Waals surface area contributed by atoms with Gasteiger partial charge in [-0.25, -0.2) is 9.59 Å². The number of allylic oxidation sites excluding steroid dienone is 3.